The number of nitrogens with zero attached hydrogens (tertiary/aromatic N) is 3. The predicted octanol–water partition coefficient (Wildman–Crippen LogP) is 2.59. The van der Waals surface area contributed by atoms with Gasteiger partial charge in [0.2, 0.25) is 0 Å². The van der Waals surface area contributed by atoms with Gasteiger partial charge in [0.1, 0.15) is 5.76 Å². The van der Waals surface area contributed by atoms with Gasteiger partial charge in [0.05, 0.1) is 6.20 Å². The summed E-state index contributed by atoms with van der Waals surface area (Å²) in [5.74, 6) is 0.115. The molecular weight excluding hydrogens is 298 g/mol. The number of benzene rings is 1. The van der Waals surface area contributed by atoms with E-state index in [1.165, 1.54) is 10.9 Å². The van der Waals surface area contributed by atoms with Crippen LogP contribution >= 0.6 is 0 Å². The lowest BCUT2D eigenvalue weighted by atomic mass is 10.1. The largest absolute Gasteiger partial charge is 0.504 e. The smallest absolute Gasteiger partial charge is 0.358 e. The molecule has 0 aliphatic heterocycles. The van der Waals surface area contributed by atoms with Crippen molar-refractivity contribution >= 4 is 11.7 Å². The summed E-state index contributed by atoms with van der Waals surface area (Å²) in [5, 5.41) is 26.1. The summed E-state index contributed by atoms with van der Waals surface area (Å²) < 4.78 is 7.14. The Bertz CT molecular complexity index is 820. The number of carboxylic acids is 1. The maximum absolute atomic E-state index is 10.8. The van der Waals surface area contributed by atoms with E-state index < -0.39 is 5.97 Å². The van der Waals surface area contributed by atoms with Crippen LogP contribution in [0, 0.1) is 6.92 Å². The standard InChI is InChI=1S/C16H15N3O4/c1-10-2-7-15(14(20)8-10)23-12-5-3-11(4-6-12)19-9-13(16(21)22)17-18-19/h2-3,5,7-9,20H,4,6H2,1H3,(H,21,22). The van der Waals surface area contributed by atoms with E-state index in [9.17, 15) is 9.90 Å². The lowest BCUT2D eigenvalue weighted by Crippen LogP contribution is -2.05. The molecule has 1 aliphatic rings. The van der Waals surface area contributed by atoms with Crippen LogP contribution in [0.4, 0.5) is 0 Å². The van der Waals surface area contributed by atoms with Crippen molar-refractivity contribution in [2.24, 2.45) is 0 Å². The third kappa shape index (κ3) is 3.23. The van der Waals surface area contributed by atoms with Gasteiger partial charge in [0, 0.05) is 12.1 Å². The molecule has 7 heteroatoms. The Labute approximate surface area is 132 Å². The molecule has 0 atom stereocenters. The van der Waals surface area contributed by atoms with Crippen LogP contribution in [0.25, 0.3) is 5.70 Å². The molecule has 0 unspecified atom stereocenters. The van der Waals surface area contributed by atoms with E-state index in [2.05, 4.69) is 10.3 Å². The summed E-state index contributed by atoms with van der Waals surface area (Å²) in [7, 11) is 0. The van der Waals surface area contributed by atoms with Gasteiger partial charge < -0.3 is 14.9 Å². The Morgan fingerprint density at radius 3 is 2.74 bits per heavy atom. The highest BCUT2D eigenvalue weighted by Gasteiger charge is 2.15. The molecule has 1 aliphatic carbocycles. The van der Waals surface area contributed by atoms with Gasteiger partial charge in [0.25, 0.3) is 0 Å². The Morgan fingerprint density at radius 2 is 2.13 bits per heavy atom. The van der Waals surface area contributed by atoms with Crippen molar-refractivity contribution in [2.75, 3.05) is 0 Å². The Balaban J connectivity index is 1.75. The van der Waals surface area contributed by atoms with Crippen LogP contribution in [0.5, 0.6) is 11.5 Å². The van der Waals surface area contributed by atoms with Gasteiger partial charge in [-0.05, 0) is 43.2 Å². The molecule has 2 N–H and O–H groups in total. The second-order valence-corrected chi connectivity index (χ2v) is 5.22. The molecule has 0 radical (unpaired) electrons. The zero-order chi connectivity index (χ0) is 16.4. The maximum Gasteiger partial charge on any atom is 0.358 e. The summed E-state index contributed by atoms with van der Waals surface area (Å²) in [6.45, 7) is 1.89. The molecule has 1 aromatic carbocycles. The SMILES string of the molecule is Cc1ccc(OC2=CC=C(n3cc(C(=O)O)nn3)CC2)c(O)c1. The van der Waals surface area contributed by atoms with E-state index in [0.717, 1.165) is 11.3 Å². The second-order valence-electron chi connectivity index (χ2n) is 5.22. The third-order valence-corrected chi connectivity index (χ3v) is 3.45. The molecule has 0 spiro atoms. The van der Waals surface area contributed by atoms with Gasteiger partial charge in [-0.3, -0.25) is 0 Å². The highest BCUT2D eigenvalue weighted by atomic mass is 16.5. The minimum atomic E-state index is -1.11. The number of hydrogen-bond acceptors (Lipinski definition) is 5. The monoisotopic (exact) mass is 313 g/mol. The average Bonchev–Trinajstić information content (AvgIpc) is 3.01. The second kappa shape index (κ2) is 5.96. The van der Waals surface area contributed by atoms with Crippen molar-refractivity contribution in [1.29, 1.82) is 0 Å². The van der Waals surface area contributed by atoms with Crippen LogP contribution in [-0.4, -0.2) is 31.2 Å². The Morgan fingerprint density at radius 1 is 1.30 bits per heavy atom. The highest BCUT2D eigenvalue weighted by molar-refractivity contribution is 5.84. The number of carbonyl (C=O) groups is 1. The summed E-state index contributed by atoms with van der Waals surface area (Å²) in [5.41, 5.74) is 1.68. The fraction of sp³-hybridized carbons (Fsp3) is 0.188. The number of hydrogen-bond donors (Lipinski definition) is 2. The summed E-state index contributed by atoms with van der Waals surface area (Å²) in [6, 6.07) is 5.23. The number of phenols is 1. The molecule has 0 bridgehead atoms. The lowest BCUT2D eigenvalue weighted by Gasteiger charge is -2.16. The molecule has 2 aromatic rings. The Kier molecular flexibility index (Phi) is 3.84. The van der Waals surface area contributed by atoms with E-state index in [-0.39, 0.29) is 11.4 Å². The first kappa shape index (κ1) is 14.8. The fourth-order valence-corrected chi connectivity index (χ4v) is 2.24. The number of phenolic OH excluding ortho intramolecular Hbond substituents is 1. The van der Waals surface area contributed by atoms with Crippen LogP contribution in [0.15, 0.2) is 42.3 Å². The average molecular weight is 313 g/mol. The molecular formula is C16H15N3O4. The fourth-order valence-electron chi connectivity index (χ4n) is 2.24. The van der Waals surface area contributed by atoms with Crippen LogP contribution in [-0.2, 0) is 0 Å². The summed E-state index contributed by atoms with van der Waals surface area (Å²) >= 11 is 0. The number of carboxylic acid groups (broad SMARTS) is 1. The van der Waals surface area contributed by atoms with Gasteiger partial charge >= 0.3 is 5.97 Å². The van der Waals surface area contributed by atoms with Crippen LogP contribution in [0.2, 0.25) is 0 Å². The van der Waals surface area contributed by atoms with Crippen LogP contribution in [0.1, 0.15) is 28.9 Å². The van der Waals surface area contributed by atoms with E-state index in [4.69, 9.17) is 9.84 Å². The molecule has 1 heterocycles. The molecule has 1 aromatic heterocycles. The van der Waals surface area contributed by atoms with E-state index in [1.807, 2.05) is 13.0 Å². The number of allylic oxidation sites excluding steroid dienone is 4. The lowest BCUT2D eigenvalue weighted by molar-refractivity contribution is 0.0690. The van der Waals surface area contributed by atoms with Crippen LogP contribution in [0.3, 0.4) is 0 Å². The van der Waals surface area contributed by atoms with Crippen molar-refractivity contribution in [3.63, 3.8) is 0 Å². The topological polar surface area (TPSA) is 97.5 Å². The number of ether oxygens (including phenoxy) is 1. The minimum absolute atomic E-state index is 0.0958. The normalized spacial score (nSPS) is 14.1. The number of aromatic hydroxyl groups is 1. The zero-order valence-electron chi connectivity index (χ0n) is 12.4. The molecule has 3 rings (SSSR count). The zero-order valence-corrected chi connectivity index (χ0v) is 12.4. The number of aryl methyl sites for hydroxylation is 1. The van der Waals surface area contributed by atoms with Crippen LogP contribution < -0.4 is 4.74 Å². The van der Waals surface area contributed by atoms with Crippen molar-refractivity contribution < 1.29 is 19.7 Å². The minimum Gasteiger partial charge on any atom is -0.504 e. The number of aromatic carboxylic acids is 1. The van der Waals surface area contributed by atoms with E-state index in [1.54, 1.807) is 24.3 Å². The first-order chi connectivity index (χ1) is 11.0. The molecule has 118 valence electrons. The van der Waals surface area contributed by atoms with Gasteiger partial charge in [-0.2, -0.15) is 0 Å². The van der Waals surface area contributed by atoms with Crippen molar-refractivity contribution in [3.8, 4) is 11.5 Å². The molecule has 7 nitrogen and oxygen atoms in total. The molecule has 0 fully saturated rings. The van der Waals surface area contributed by atoms with Crippen molar-refractivity contribution in [1.82, 2.24) is 15.0 Å². The maximum atomic E-state index is 10.8. The van der Waals surface area contributed by atoms with Gasteiger partial charge in [0.15, 0.2) is 17.2 Å². The molecule has 0 saturated carbocycles. The highest BCUT2D eigenvalue weighted by Crippen LogP contribution is 2.31. The number of aromatic nitrogens is 3. The van der Waals surface area contributed by atoms with E-state index >= 15 is 0 Å². The van der Waals surface area contributed by atoms with Crippen molar-refractivity contribution in [2.45, 2.75) is 19.8 Å². The van der Waals surface area contributed by atoms with Gasteiger partial charge in [-0.15, -0.1) is 5.10 Å². The summed E-state index contributed by atoms with van der Waals surface area (Å²) in [6.07, 6.45) is 6.19. The first-order valence-electron chi connectivity index (χ1n) is 7.06. The predicted molar refractivity (Wildman–Crippen MR) is 82.0 cm³/mol. The summed E-state index contributed by atoms with van der Waals surface area (Å²) in [4.78, 5) is 10.8. The third-order valence-electron chi connectivity index (χ3n) is 3.45. The van der Waals surface area contributed by atoms with Crippen molar-refractivity contribution in [3.05, 3.63) is 53.6 Å². The molecule has 0 amide bonds. The number of rotatable bonds is 4. The van der Waals surface area contributed by atoms with E-state index in [0.29, 0.717) is 24.4 Å². The van der Waals surface area contributed by atoms with Gasteiger partial charge in [-0.1, -0.05) is 11.3 Å². The van der Waals surface area contributed by atoms with Gasteiger partial charge in [-0.25, -0.2) is 9.48 Å². The molecule has 0 saturated heterocycles. The quantitative estimate of drug-likeness (QED) is 0.900. The Hall–Kier alpha value is -3.09. The first-order valence-corrected chi connectivity index (χ1v) is 7.06. The molecule has 23 heavy (non-hydrogen) atoms.